The Balaban J connectivity index is 2.21. The first kappa shape index (κ1) is 14.5. The summed E-state index contributed by atoms with van der Waals surface area (Å²) in [6.07, 6.45) is 1.36. The van der Waals surface area contributed by atoms with Crippen LogP contribution in [0.3, 0.4) is 0 Å². The first-order chi connectivity index (χ1) is 9.60. The molecule has 0 amide bonds. The Morgan fingerprint density at radius 3 is 2.45 bits per heavy atom. The lowest BCUT2D eigenvalue weighted by Crippen LogP contribution is -1.97. The smallest absolute Gasteiger partial charge is 0.133 e. The number of aliphatic hydroxyl groups is 1. The molecule has 0 spiro atoms. The van der Waals surface area contributed by atoms with Crippen LogP contribution in [0.1, 0.15) is 37.5 Å². The minimum Gasteiger partial charge on any atom is -0.457 e. The summed E-state index contributed by atoms with van der Waals surface area (Å²) in [5, 5.41) is 9.67. The lowest BCUT2D eigenvalue weighted by atomic mass is 10.1. The molecule has 0 aliphatic carbocycles. The van der Waals surface area contributed by atoms with Gasteiger partial charge in [-0.05, 0) is 49.2 Å². The summed E-state index contributed by atoms with van der Waals surface area (Å²) in [5.41, 5.74) is 1.71. The fraction of sp³-hybridized carbons (Fsp3) is 0.294. The molecule has 2 nitrogen and oxygen atoms in total. The van der Waals surface area contributed by atoms with E-state index < -0.39 is 6.10 Å². The maximum Gasteiger partial charge on any atom is 0.133 e. The molecule has 0 unspecified atom stereocenters. The van der Waals surface area contributed by atoms with Crippen molar-refractivity contribution in [1.82, 2.24) is 0 Å². The first-order valence-corrected chi connectivity index (χ1v) is 6.84. The molecule has 0 fully saturated rings. The van der Waals surface area contributed by atoms with Crippen molar-refractivity contribution in [2.24, 2.45) is 0 Å². The largest absolute Gasteiger partial charge is 0.457 e. The summed E-state index contributed by atoms with van der Waals surface area (Å²) in [7, 11) is 0. The average molecular weight is 274 g/mol. The molecule has 0 aromatic heterocycles. The number of aliphatic hydroxyl groups excluding tert-OH is 1. The molecule has 0 aliphatic heterocycles. The summed E-state index contributed by atoms with van der Waals surface area (Å²) < 4.78 is 18.9. The molecule has 20 heavy (non-hydrogen) atoms. The number of hydrogen-bond donors (Lipinski definition) is 1. The fourth-order valence-electron chi connectivity index (χ4n) is 2.08. The van der Waals surface area contributed by atoms with Crippen LogP contribution in [0.25, 0.3) is 0 Å². The molecule has 0 bridgehead atoms. The highest BCUT2D eigenvalue weighted by molar-refractivity contribution is 5.40. The van der Waals surface area contributed by atoms with Gasteiger partial charge in [-0.2, -0.15) is 0 Å². The standard InChI is InChI=1S/C17H19FO2/c1-3-4-13-5-8-15(9-6-13)20-17-10-7-14(18)11-16(17)12(2)19/h5-12,19H,3-4H2,1-2H3/t12-/m1/s1. The third kappa shape index (κ3) is 3.58. The third-order valence-electron chi connectivity index (χ3n) is 3.11. The van der Waals surface area contributed by atoms with Gasteiger partial charge < -0.3 is 9.84 Å². The molecule has 0 saturated carbocycles. The van der Waals surface area contributed by atoms with Crippen LogP contribution in [0, 0.1) is 5.82 Å². The van der Waals surface area contributed by atoms with Gasteiger partial charge in [-0.25, -0.2) is 4.39 Å². The third-order valence-corrected chi connectivity index (χ3v) is 3.11. The Morgan fingerprint density at radius 1 is 1.15 bits per heavy atom. The maximum atomic E-state index is 13.2. The summed E-state index contributed by atoms with van der Waals surface area (Å²) >= 11 is 0. The highest BCUT2D eigenvalue weighted by Gasteiger charge is 2.11. The molecule has 2 aromatic carbocycles. The SMILES string of the molecule is CCCc1ccc(Oc2ccc(F)cc2[C@@H](C)O)cc1. The molecular formula is C17H19FO2. The highest BCUT2D eigenvalue weighted by atomic mass is 19.1. The minimum absolute atomic E-state index is 0.383. The molecule has 106 valence electrons. The number of aryl methyl sites for hydroxylation is 1. The summed E-state index contributed by atoms with van der Waals surface area (Å²) in [6.45, 7) is 3.73. The fourth-order valence-corrected chi connectivity index (χ4v) is 2.08. The molecule has 0 aliphatic rings. The van der Waals surface area contributed by atoms with E-state index in [-0.39, 0.29) is 5.82 Å². The van der Waals surface area contributed by atoms with Crippen molar-refractivity contribution in [3.63, 3.8) is 0 Å². The van der Waals surface area contributed by atoms with E-state index in [1.807, 2.05) is 24.3 Å². The van der Waals surface area contributed by atoms with Crippen LogP contribution < -0.4 is 4.74 Å². The van der Waals surface area contributed by atoms with Crippen molar-refractivity contribution in [1.29, 1.82) is 0 Å². The summed E-state index contributed by atoms with van der Waals surface area (Å²) in [6, 6.07) is 12.0. The van der Waals surface area contributed by atoms with Crippen LogP contribution in [-0.2, 0) is 6.42 Å². The van der Waals surface area contributed by atoms with Gasteiger partial charge in [-0.1, -0.05) is 25.5 Å². The molecule has 2 aromatic rings. The average Bonchev–Trinajstić information content (AvgIpc) is 2.43. The van der Waals surface area contributed by atoms with Crippen molar-refractivity contribution < 1.29 is 14.2 Å². The summed E-state index contributed by atoms with van der Waals surface area (Å²) in [5.74, 6) is 0.773. The molecule has 1 atom stereocenters. The van der Waals surface area contributed by atoms with Gasteiger partial charge in [0.1, 0.15) is 17.3 Å². The van der Waals surface area contributed by atoms with Gasteiger partial charge in [0, 0.05) is 5.56 Å². The zero-order valence-corrected chi connectivity index (χ0v) is 11.8. The van der Waals surface area contributed by atoms with Crippen LogP contribution in [0.2, 0.25) is 0 Å². The van der Waals surface area contributed by atoms with E-state index in [2.05, 4.69) is 6.92 Å². The van der Waals surface area contributed by atoms with E-state index in [9.17, 15) is 9.50 Å². The van der Waals surface area contributed by atoms with E-state index in [0.29, 0.717) is 17.1 Å². The van der Waals surface area contributed by atoms with Crippen molar-refractivity contribution in [2.45, 2.75) is 32.8 Å². The van der Waals surface area contributed by atoms with Crippen LogP contribution in [0.5, 0.6) is 11.5 Å². The van der Waals surface area contributed by atoms with Crippen LogP contribution in [-0.4, -0.2) is 5.11 Å². The lowest BCUT2D eigenvalue weighted by molar-refractivity contribution is 0.195. The van der Waals surface area contributed by atoms with E-state index in [1.165, 1.54) is 23.8 Å². The number of rotatable bonds is 5. The second-order valence-corrected chi connectivity index (χ2v) is 4.85. The Bertz CT molecular complexity index is 562. The minimum atomic E-state index is -0.778. The number of hydrogen-bond acceptors (Lipinski definition) is 2. The zero-order valence-electron chi connectivity index (χ0n) is 11.8. The molecule has 1 N–H and O–H groups in total. The van der Waals surface area contributed by atoms with E-state index in [4.69, 9.17) is 4.74 Å². The van der Waals surface area contributed by atoms with Crippen molar-refractivity contribution in [3.05, 3.63) is 59.4 Å². The van der Waals surface area contributed by atoms with Gasteiger partial charge in [-0.15, -0.1) is 0 Å². The Labute approximate surface area is 118 Å². The van der Waals surface area contributed by atoms with Crippen molar-refractivity contribution >= 4 is 0 Å². The number of halogens is 1. The first-order valence-electron chi connectivity index (χ1n) is 6.84. The molecular weight excluding hydrogens is 255 g/mol. The quantitative estimate of drug-likeness (QED) is 0.861. The second kappa shape index (κ2) is 6.53. The topological polar surface area (TPSA) is 29.5 Å². The van der Waals surface area contributed by atoms with Gasteiger partial charge in [0.15, 0.2) is 0 Å². The number of benzene rings is 2. The maximum absolute atomic E-state index is 13.2. The molecule has 0 heterocycles. The Hall–Kier alpha value is -1.87. The van der Waals surface area contributed by atoms with Gasteiger partial charge in [-0.3, -0.25) is 0 Å². The van der Waals surface area contributed by atoms with Crippen LogP contribution in [0.4, 0.5) is 4.39 Å². The predicted octanol–water partition coefficient (Wildman–Crippen LogP) is 4.62. The predicted molar refractivity (Wildman–Crippen MR) is 77.5 cm³/mol. The second-order valence-electron chi connectivity index (χ2n) is 4.85. The highest BCUT2D eigenvalue weighted by Crippen LogP contribution is 2.30. The van der Waals surface area contributed by atoms with Gasteiger partial charge in [0.25, 0.3) is 0 Å². The van der Waals surface area contributed by atoms with Gasteiger partial charge in [0.05, 0.1) is 6.10 Å². The van der Waals surface area contributed by atoms with Crippen molar-refractivity contribution in [2.75, 3.05) is 0 Å². The Kier molecular flexibility index (Phi) is 4.74. The molecule has 2 rings (SSSR count). The normalized spacial score (nSPS) is 12.2. The number of ether oxygens (including phenoxy) is 1. The molecule has 0 saturated heterocycles. The van der Waals surface area contributed by atoms with Crippen LogP contribution in [0.15, 0.2) is 42.5 Å². The monoisotopic (exact) mass is 274 g/mol. The van der Waals surface area contributed by atoms with Crippen molar-refractivity contribution in [3.8, 4) is 11.5 Å². The van der Waals surface area contributed by atoms with E-state index >= 15 is 0 Å². The van der Waals surface area contributed by atoms with E-state index in [1.54, 1.807) is 6.92 Å². The van der Waals surface area contributed by atoms with Gasteiger partial charge >= 0.3 is 0 Å². The van der Waals surface area contributed by atoms with Crippen LogP contribution >= 0.6 is 0 Å². The Morgan fingerprint density at radius 2 is 1.85 bits per heavy atom. The molecule has 0 radical (unpaired) electrons. The summed E-state index contributed by atoms with van der Waals surface area (Å²) in [4.78, 5) is 0. The lowest BCUT2D eigenvalue weighted by Gasteiger charge is -2.13. The van der Waals surface area contributed by atoms with E-state index in [0.717, 1.165) is 12.8 Å². The zero-order chi connectivity index (χ0) is 14.5. The van der Waals surface area contributed by atoms with Gasteiger partial charge in [0.2, 0.25) is 0 Å². The molecule has 3 heteroatoms.